The van der Waals surface area contributed by atoms with Gasteiger partial charge in [0.05, 0.1) is 21.7 Å². The van der Waals surface area contributed by atoms with E-state index in [1.807, 2.05) is 23.9 Å². The predicted octanol–water partition coefficient (Wildman–Crippen LogP) is 3.43. The van der Waals surface area contributed by atoms with Crippen molar-refractivity contribution in [1.29, 1.82) is 0 Å². The second-order valence-corrected chi connectivity index (χ2v) is 10.7. The molecule has 0 radical (unpaired) electrons. The lowest BCUT2D eigenvalue weighted by atomic mass is 10.2. The topological polar surface area (TPSA) is 131 Å². The molecule has 0 spiro atoms. The highest BCUT2D eigenvalue weighted by Gasteiger charge is 2.27. The first-order valence-electron chi connectivity index (χ1n) is 10.8. The van der Waals surface area contributed by atoms with Crippen LogP contribution in [0.4, 0.5) is 11.4 Å². The molecule has 12 heteroatoms. The molecule has 1 fully saturated rings. The van der Waals surface area contributed by atoms with E-state index in [0.29, 0.717) is 0 Å². The monoisotopic (exact) mass is 526 g/mol. The van der Waals surface area contributed by atoms with E-state index in [2.05, 4.69) is 10.5 Å². The van der Waals surface area contributed by atoms with Crippen LogP contribution in [-0.4, -0.2) is 49.6 Å². The molecule has 1 heterocycles. The van der Waals surface area contributed by atoms with Gasteiger partial charge >= 0.3 is 0 Å². The van der Waals surface area contributed by atoms with Crippen molar-refractivity contribution in [3.63, 3.8) is 0 Å². The number of nitrogens with zero attached hydrogens (tertiary/aromatic N) is 3. The van der Waals surface area contributed by atoms with Crippen LogP contribution in [0.25, 0.3) is 0 Å². The van der Waals surface area contributed by atoms with E-state index in [-0.39, 0.29) is 22.4 Å². The number of thioether (sulfide) groups is 1. The molecular weight excluding hydrogens is 504 g/mol. The van der Waals surface area contributed by atoms with Gasteiger partial charge in [-0.25, -0.2) is 13.8 Å². The third-order valence-electron chi connectivity index (χ3n) is 5.16. The molecule has 0 aromatic heterocycles. The van der Waals surface area contributed by atoms with Gasteiger partial charge in [0.1, 0.15) is 18.4 Å². The van der Waals surface area contributed by atoms with Crippen LogP contribution in [0.5, 0.6) is 5.75 Å². The first-order chi connectivity index (χ1) is 17.3. The molecule has 1 aliphatic heterocycles. The van der Waals surface area contributed by atoms with Gasteiger partial charge in [-0.3, -0.25) is 19.2 Å². The molecule has 1 aliphatic rings. The number of non-ortho nitro benzene ring substituents is 1. The lowest BCUT2D eigenvalue weighted by Gasteiger charge is -2.25. The molecule has 0 atom stereocenters. The summed E-state index contributed by atoms with van der Waals surface area (Å²) >= 11 is 1.83. The lowest BCUT2D eigenvalue weighted by Crippen LogP contribution is -2.39. The molecule has 3 aromatic carbocycles. The molecule has 36 heavy (non-hydrogen) atoms. The van der Waals surface area contributed by atoms with Crippen molar-refractivity contribution >= 4 is 45.3 Å². The minimum absolute atomic E-state index is 0.0255. The van der Waals surface area contributed by atoms with E-state index in [1.54, 1.807) is 30.3 Å². The largest absolute Gasteiger partial charge is 0.489 e. The molecule has 3 aromatic rings. The molecule has 1 saturated heterocycles. The summed E-state index contributed by atoms with van der Waals surface area (Å²) in [5.41, 5.74) is 2.95. The van der Waals surface area contributed by atoms with Crippen molar-refractivity contribution in [3.05, 3.63) is 94.5 Å². The zero-order valence-corrected chi connectivity index (χ0v) is 20.5. The molecule has 186 valence electrons. The number of hydrazone groups is 1. The molecule has 0 bridgehead atoms. The highest BCUT2D eigenvalue weighted by atomic mass is 32.2. The van der Waals surface area contributed by atoms with Crippen molar-refractivity contribution in [2.75, 3.05) is 22.4 Å². The van der Waals surface area contributed by atoms with Gasteiger partial charge in [-0.2, -0.15) is 16.9 Å². The maximum atomic E-state index is 13.3. The van der Waals surface area contributed by atoms with E-state index in [4.69, 9.17) is 4.74 Å². The number of hydrogen-bond acceptors (Lipinski definition) is 8. The fraction of sp³-hybridized carbons (Fsp3) is 0.167. The summed E-state index contributed by atoms with van der Waals surface area (Å²) in [6.07, 6.45) is 1.67. The number of ether oxygens (including phenoxy) is 1. The van der Waals surface area contributed by atoms with Gasteiger partial charge in [-0.15, -0.1) is 0 Å². The molecule has 1 amide bonds. The summed E-state index contributed by atoms with van der Waals surface area (Å²) in [4.78, 5) is 23.0. The summed E-state index contributed by atoms with van der Waals surface area (Å²) in [7, 11) is -4.14. The number of nitro benzene ring substituents is 1. The summed E-state index contributed by atoms with van der Waals surface area (Å²) in [5.74, 6) is 2.02. The summed E-state index contributed by atoms with van der Waals surface area (Å²) in [6.45, 7) is -0.585. The predicted molar refractivity (Wildman–Crippen MR) is 138 cm³/mol. The van der Waals surface area contributed by atoms with Gasteiger partial charge in [-0.05, 0) is 54.1 Å². The smallest absolute Gasteiger partial charge is 0.269 e. The van der Waals surface area contributed by atoms with Gasteiger partial charge < -0.3 is 4.74 Å². The second kappa shape index (κ2) is 11.2. The third kappa shape index (κ3) is 6.20. The van der Waals surface area contributed by atoms with Crippen molar-refractivity contribution in [3.8, 4) is 5.75 Å². The standard InChI is InChI=1S/C24H22N4O6S2/c29-24(26-25-14-18-6-12-21(13-7-18)34-22-16-35-17-22)15-27(19-8-10-20(11-9-19)28(30)31)36(32,33)23-4-2-1-3-5-23/h1-14,22H,15-17H2,(H,26,29)/b25-14-. The number of carbonyl (C=O) groups is 1. The Hall–Kier alpha value is -3.90. The minimum Gasteiger partial charge on any atom is -0.489 e. The Balaban J connectivity index is 1.46. The fourth-order valence-corrected chi connectivity index (χ4v) is 5.23. The summed E-state index contributed by atoms with van der Waals surface area (Å²) < 4.78 is 33.2. The Bertz CT molecular complexity index is 1340. The van der Waals surface area contributed by atoms with Gasteiger partial charge in [-0.1, -0.05) is 18.2 Å². The van der Waals surface area contributed by atoms with E-state index >= 15 is 0 Å². The lowest BCUT2D eigenvalue weighted by molar-refractivity contribution is -0.384. The van der Waals surface area contributed by atoms with Gasteiger partial charge in [0.2, 0.25) is 0 Å². The van der Waals surface area contributed by atoms with Crippen LogP contribution >= 0.6 is 11.8 Å². The zero-order valence-electron chi connectivity index (χ0n) is 18.9. The first-order valence-corrected chi connectivity index (χ1v) is 13.4. The average Bonchev–Trinajstić information content (AvgIpc) is 2.86. The molecular formula is C24H22N4O6S2. The van der Waals surface area contributed by atoms with Crippen LogP contribution in [0, 0.1) is 10.1 Å². The van der Waals surface area contributed by atoms with Crippen molar-refractivity contribution in [2.24, 2.45) is 5.10 Å². The Morgan fingerprint density at radius 1 is 1.08 bits per heavy atom. The van der Waals surface area contributed by atoms with Crippen LogP contribution in [0.1, 0.15) is 5.56 Å². The number of hydrogen-bond donors (Lipinski definition) is 1. The number of anilines is 1. The van der Waals surface area contributed by atoms with E-state index < -0.39 is 27.4 Å². The molecule has 4 rings (SSSR count). The summed E-state index contributed by atoms with van der Waals surface area (Å²) in [6, 6.07) is 19.7. The Morgan fingerprint density at radius 3 is 2.33 bits per heavy atom. The molecule has 0 saturated carbocycles. The Kier molecular flexibility index (Phi) is 7.86. The molecule has 10 nitrogen and oxygen atoms in total. The van der Waals surface area contributed by atoms with E-state index in [0.717, 1.165) is 27.1 Å². The quantitative estimate of drug-likeness (QED) is 0.243. The first kappa shape index (κ1) is 25.2. The number of sulfonamides is 1. The fourth-order valence-electron chi connectivity index (χ4n) is 3.23. The Labute approximate surface area is 212 Å². The van der Waals surface area contributed by atoms with Crippen molar-refractivity contribution in [2.45, 2.75) is 11.0 Å². The maximum Gasteiger partial charge on any atom is 0.269 e. The van der Waals surface area contributed by atoms with Crippen LogP contribution < -0.4 is 14.5 Å². The number of carbonyl (C=O) groups excluding carboxylic acids is 1. The van der Waals surface area contributed by atoms with Crippen LogP contribution in [0.15, 0.2) is 88.9 Å². The highest BCUT2D eigenvalue weighted by Crippen LogP contribution is 2.26. The molecule has 0 aliphatic carbocycles. The number of rotatable bonds is 10. The minimum atomic E-state index is -4.14. The molecule has 0 unspecified atom stereocenters. The average molecular weight is 527 g/mol. The second-order valence-electron chi connectivity index (χ2n) is 7.74. The van der Waals surface area contributed by atoms with Gasteiger partial charge in [0, 0.05) is 23.6 Å². The third-order valence-corrected chi connectivity index (χ3v) is 8.16. The zero-order chi connectivity index (χ0) is 25.5. The van der Waals surface area contributed by atoms with Crippen LogP contribution in [-0.2, 0) is 14.8 Å². The number of nitrogens with one attached hydrogen (secondary N) is 1. The number of benzene rings is 3. The van der Waals surface area contributed by atoms with Gasteiger partial charge in [0.25, 0.3) is 21.6 Å². The summed E-state index contributed by atoms with van der Waals surface area (Å²) in [5, 5.41) is 14.9. The van der Waals surface area contributed by atoms with Gasteiger partial charge in [0.15, 0.2) is 0 Å². The Morgan fingerprint density at radius 2 is 1.75 bits per heavy atom. The SMILES string of the molecule is O=C(CN(c1ccc([N+](=O)[O-])cc1)S(=O)(=O)c1ccccc1)N/N=C\c1ccc(OC2CSC2)cc1. The molecule has 1 N–H and O–H groups in total. The van der Waals surface area contributed by atoms with Crippen LogP contribution in [0.2, 0.25) is 0 Å². The highest BCUT2D eigenvalue weighted by molar-refractivity contribution is 8.00. The van der Waals surface area contributed by atoms with Crippen molar-refractivity contribution < 1.29 is 22.9 Å². The van der Waals surface area contributed by atoms with E-state index in [1.165, 1.54) is 42.6 Å². The van der Waals surface area contributed by atoms with Crippen molar-refractivity contribution in [1.82, 2.24) is 5.43 Å². The van der Waals surface area contributed by atoms with Crippen LogP contribution in [0.3, 0.4) is 0 Å². The number of nitro groups is 1. The number of amides is 1. The van der Waals surface area contributed by atoms with E-state index in [9.17, 15) is 23.3 Å². The normalized spacial score (nSPS) is 13.7. The maximum absolute atomic E-state index is 13.3.